The van der Waals surface area contributed by atoms with Gasteiger partial charge in [0.1, 0.15) is 0 Å². The molecular formula is C26H32Cl2N4OS. The molecule has 2 unspecified atom stereocenters. The van der Waals surface area contributed by atoms with Crippen LogP contribution in [0.5, 0.6) is 0 Å². The predicted molar refractivity (Wildman–Crippen MR) is 142 cm³/mol. The summed E-state index contributed by atoms with van der Waals surface area (Å²) in [5, 5.41) is 13.7. The molecular weight excluding hydrogens is 487 g/mol. The van der Waals surface area contributed by atoms with Crippen molar-refractivity contribution in [1.29, 1.82) is 0 Å². The summed E-state index contributed by atoms with van der Waals surface area (Å²) in [5.41, 5.74) is 2.09. The fraction of sp³-hybridized carbons (Fsp3) is 0.423. The summed E-state index contributed by atoms with van der Waals surface area (Å²) in [4.78, 5) is 12.8. The van der Waals surface area contributed by atoms with Gasteiger partial charge in [-0.3, -0.25) is 9.36 Å². The van der Waals surface area contributed by atoms with Crippen LogP contribution in [0.3, 0.4) is 0 Å². The Morgan fingerprint density at radius 3 is 2.44 bits per heavy atom. The molecule has 0 bridgehead atoms. The largest absolute Gasteiger partial charge is 0.346 e. The van der Waals surface area contributed by atoms with Crippen LogP contribution in [0.4, 0.5) is 0 Å². The second kappa shape index (κ2) is 11.6. The van der Waals surface area contributed by atoms with E-state index in [9.17, 15) is 4.79 Å². The highest BCUT2D eigenvalue weighted by Gasteiger charge is 2.24. The molecule has 3 aromatic rings. The summed E-state index contributed by atoms with van der Waals surface area (Å²) < 4.78 is 1.91. The number of hydrogen-bond acceptors (Lipinski definition) is 4. The molecule has 0 saturated heterocycles. The zero-order valence-corrected chi connectivity index (χ0v) is 22.6. The van der Waals surface area contributed by atoms with Crippen LogP contribution in [-0.2, 0) is 10.5 Å². The normalized spacial score (nSPS) is 13.5. The number of thioether (sulfide) groups is 1. The van der Waals surface area contributed by atoms with E-state index in [2.05, 4.69) is 55.3 Å². The summed E-state index contributed by atoms with van der Waals surface area (Å²) >= 11 is 14.3. The molecule has 2 atom stereocenters. The Labute approximate surface area is 216 Å². The van der Waals surface area contributed by atoms with Gasteiger partial charge >= 0.3 is 0 Å². The molecule has 3 rings (SSSR count). The Kier molecular flexibility index (Phi) is 9.07. The van der Waals surface area contributed by atoms with Crippen molar-refractivity contribution in [3.63, 3.8) is 0 Å². The van der Waals surface area contributed by atoms with Gasteiger partial charge in [0.25, 0.3) is 0 Å². The van der Waals surface area contributed by atoms with E-state index in [-0.39, 0.29) is 23.3 Å². The molecule has 1 N–H and O–H groups in total. The van der Waals surface area contributed by atoms with Crippen LogP contribution in [0.2, 0.25) is 10.0 Å². The molecule has 0 spiro atoms. The lowest BCUT2D eigenvalue weighted by atomic mass is 9.84. The second-order valence-corrected chi connectivity index (χ2v) is 11.7. The average molecular weight is 520 g/mol. The summed E-state index contributed by atoms with van der Waals surface area (Å²) in [7, 11) is 0. The van der Waals surface area contributed by atoms with Crippen LogP contribution < -0.4 is 5.32 Å². The molecule has 182 valence electrons. The minimum Gasteiger partial charge on any atom is -0.346 e. The molecule has 5 nitrogen and oxygen atoms in total. The molecule has 1 aromatic heterocycles. The smallest absolute Gasteiger partial charge is 0.220 e. The minimum atomic E-state index is -0.348. The molecule has 1 amide bonds. The van der Waals surface area contributed by atoms with Gasteiger partial charge in [0.15, 0.2) is 11.0 Å². The highest BCUT2D eigenvalue weighted by molar-refractivity contribution is 7.98. The van der Waals surface area contributed by atoms with E-state index < -0.39 is 0 Å². The van der Waals surface area contributed by atoms with E-state index in [1.54, 1.807) is 23.9 Å². The number of amides is 1. The molecule has 8 heteroatoms. The Hall–Kier alpha value is -2.02. The van der Waals surface area contributed by atoms with E-state index >= 15 is 0 Å². The number of aromatic nitrogens is 3. The lowest BCUT2D eigenvalue weighted by Crippen LogP contribution is -2.30. The zero-order chi connectivity index (χ0) is 24.9. The lowest BCUT2D eigenvalue weighted by Gasteiger charge is -2.23. The molecule has 0 fully saturated rings. The Bertz CT molecular complexity index is 1110. The van der Waals surface area contributed by atoms with Gasteiger partial charge in [-0.2, -0.15) is 0 Å². The number of carbonyl (C=O) groups is 1. The maximum absolute atomic E-state index is 12.8. The summed E-state index contributed by atoms with van der Waals surface area (Å²) in [6.07, 6.45) is 1.44. The van der Waals surface area contributed by atoms with Gasteiger partial charge in [-0.15, -0.1) is 10.2 Å². The van der Waals surface area contributed by atoms with Crippen molar-refractivity contribution in [1.82, 2.24) is 20.1 Å². The standard InChI is InChI=1S/C26H32Cl2N4OS/c1-17(15-26(3,4)5)13-23(33)29-18(2)24-30-31-25(34-16-19-9-7-6-8-10-19)32(24)22-12-11-20(27)14-21(22)28/h6-12,14,17-18H,13,15-16H2,1-5H3,(H,29,33). The van der Waals surface area contributed by atoms with Gasteiger partial charge < -0.3 is 5.32 Å². The fourth-order valence-electron chi connectivity index (χ4n) is 4.07. The molecule has 0 aliphatic heterocycles. The molecule has 1 heterocycles. The van der Waals surface area contributed by atoms with Crippen LogP contribution in [0.15, 0.2) is 53.7 Å². The third-order valence-electron chi connectivity index (χ3n) is 5.28. The monoisotopic (exact) mass is 518 g/mol. The first-order valence-electron chi connectivity index (χ1n) is 11.4. The SMILES string of the molecule is CC(CC(=O)NC(C)c1nnc(SCc2ccccc2)n1-c1ccc(Cl)cc1Cl)CC(C)(C)C. The number of nitrogens with one attached hydrogen (secondary N) is 1. The topological polar surface area (TPSA) is 59.8 Å². The summed E-state index contributed by atoms with van der Waals surface area (Å²) in [5.74, 6) is 1.64. The number of rotatable bonds is 9. The number of hydrogen-bond donors (Lipinski definition) is 1. The van der Waals surface area contributed by atoms with Crippen LogP contribution in [-0.4, -0.2) is 20.7 Å². The van der Waals surface area contributed by atoms with Gasteiger partial charge in [-0.1, -0.05) is 93.0 Å². The van der Waals surface area contributed by atoms with E-state index in [1.807, 2.05) is 35.8 Å². The Morgan fingerprint density at radius 1 is 1.09 bits per heavy atom. The van der Waals surface area contributed by atoms with E-state index in [0.717, 1.165) is 17.9 Å². The van der Waals surface area contributed by atoms with Crippen molar-refractivity contribution in [3.8, 4) is 5.69 Å². The highest BCUT2D eigenvalue weighted by atomic mass is 35.5. The second-order valence-electron chi connectivity index (χ2n) is 9.91. The zero-order valence-electron chi connectivity index (χ0n) is 20.3. The molecule has 2 aromatic carbocycles. The van der Waals surface area contributed by atoms with Crippen LogP contribution in [0.1, 0.15) is 64.9 Å². The first-order valence-corrected chi connectivity index (χ1v) is 13.1. The third-order valence-corrected chi connectivity index (χ3v) is 6.82. The van der Waals surface area contributed by atoms with Crippen molar-refractivity contribution < 1.29 is 4.79 Å². The summed E-state index contributed by atoms with van der Waals surface area (Å²) in [6, 6.07) is 15.2. The van der Waals surface area contributed by atoms with E-state index in [0.29, 0.717) is 27.4 Å². The Morgan fingerprint density at radius 2 is 1.79 bits per heavy atom. The van der Waals surface area contributed by atoms with Crippen LogP contribution in [0.25, 0.3) is 5.69 Å². The highest BCUT2D eigenvalue weighted by Crippen LogP contribution is 2.32. The average Bonchev–Trinajstić information content (AvgIpc) is 3.15. The molecule has 34 heavy (non-hydrogen) atoms. The van der Waals surface area contributed by atoms with E-state index in [4.69, 9.17) is 23.2 Å². The maximum Gasteiger partial charge on any atom is 0.220 e. The summed E-state index contributed by atoms with van der Waals surface area (Å²) in [6.45, 7) is 10.6. The van der Waals surface area contributed by atoms with E-state index in [1.165, 1.54) is 5.56 Å². The van der Waals surface area contributed by atoms with Gasteiger partial charge in [0, 0.05) is 17.2 Å². The lowest BCUT2D eigenvalue weighted by molar-refractivity contribution is -0.122. The molecule has 0 aliphatic carbocycles. The van der Waals surface area contributed by atoms with Gasteiger partial charge in [0.2, 0.25) is 5.91 Å². The molecule has 0 aliphatic rings. The van der Waals surface area contributed by atoms with Gasteiger partial charge in [-0.05, 0) is 48.4 Å². The van der Waals surface area contributed by atoms with Crippen molar-refractivity contribution in [2.45, 2.75) is 64.4 Å². The quantitative estimate of drug-likeness (QED) is 0.297. The number of halogens is 2. The fourth-order valence-corrected chi connectivity index (χ4v) is 5.47. The first-order chi connectivity index (χ1) is 16.0. The first kappa shape index (κ1) is 26.6. The van der Waals surface area contributed by atoms with Crippen LogP contribution >= 0.6 is 35.0 Å². The Balaban J connectivity index is 1.84. The third kappa shape index (κ3) is 7.49. The van der Waals surface area contributed by atoms with Gasteiger partial charge in [-0.25, -0.2) is 0 Å². The number of carbonyl (C=O) groups excluding carboxylic acids is 1. The number of benzene rings is 2. The predicted octanol–water partition coefficient (Wildman–Crippen LogP) is 7.51. The van der Waals surface area contributed by atoms with Crippen molar-refractivity contribution in [2.24, 2.45) is 11.3 Å². The van der Waals surface area contributed by atoms with Gasteiger partial charge in [0.05, 0.1) is 16.8 Å². The van der Waals surface area contributed by atoms with Crippen molar-refractivity contribution in [3.05, 3.63) is 70.0 Å². The van der Waals surface area contributed by atoms with Crippen molar-refractivity contribution >= 4 is 40.9 Å². The maximum atomic E-state index is 12.8. The minimum absolute atomic E-state index is 0.000471. The van der Waals surface area contributed by atoms with Crippen molar-refractivity contribution in [2.75, 3.05) is 0 Å². The van der Waals surface area contributed by atoms with Crippen LogP contribution in [0, 0.1) is 11.3 Å². The molecule has 0 saturated carbocycles. The number of nitrogens with zero attached hydrogens (tertiary/aromatic N) is 3. The molecule has 0 radical (unpaired) electrons.